The molecule has 0 saturated carbocycles. The Bertz CT molecular complexity index is 634. The first-order chi connectivity index (χ1) is 9.95. The topological polar surface area (TPSA) is 65.5 Å². The van der Waals surface area contributed by atoms with Gasteiger partial charge in [-0.1, -0.05) is 25.4 Å². The zero-order chi connectivity index (χ0) is 15.4. The predicted octanol–water partition coefficient (Wildman–Crippen LogP) is 3.66. The van der Waals surface area contributed by atoms with Gasteiger partial charge >= 0.3 is 0 Å². The minimum atomic E-state index is -0.580. The molecule has 1 aromatic heterocycles. The van der Waals surface area contributed by atoms with Gasteiger partial charge in [0.15, 0.2) is 5.76 Å². The number of carbonyl (C=O) groups is 1. The highest BCUT2D eigenvalue weighted by Gasteiger charge is 2.11. The summed E-state index contributed by atoms with van der Waals surface area (Å²) >= 11 is 6.04. The average Bonchev–Trinajstić information content (AvgIpc) is 2.86. The van der Waals surface area contributed by atoms with Gasteiger partial charge in [0.2, 0.25) is 0 Å². The van der Waals surface area contributed by atoms with Crippen molar-refractivity contribution in [1.82, 2.24) is 0 Å². The molecule has 0 aliphatic carbocycles. The van der Waals surface area contributed by atoms with Crippen LogP contribution in [0.4, 0.5) is 0 Å². The Balaban J connectivity index is 2.20. The minimum absolute atomic E-state index is 0.150. The van der Waals surface area contributed by atoms with Crippen molar-refractivity contribution in [3.8, 4) is 5.75 Å². The number of primary amides is 1. The summed E-state index contributed by atoms with van der Waals surface area (Å²) in [6, 6.07) is 8.77. The summed E-state index contributed by atoms with van der Waals surface area (Å²) in [5.74, 6) is 1.41. The van der Waals surface area contributed by atoms with Crippen molar-refractivity contribution in [2.45, 2.75) is 20.3 Å². The summed E-state index contributed by atoms with van der Waals surface area (Å²) in [7, 11) is 0. The quantitative estimate of drug-likeness (QED) is 0.885. The van der Waals surface area contributed by atoms with Crippen molar-refractivity contribution < 1.29 is 13.9 Å². The van der Waals surface area contributed by atoms with E-state index in [0.717, 1.165) is 11.3 Å². The highest BCUT2D eigenvalue weighted by Crippen LogP contribution is 2.26. The number of nitrogens with two attached hydrogens (primary N) is 1. The lowest BCUT2D eigenvalue weighted by Gasteiger charge is -2.13. The van der Waals surface area contributed by atoms with Crippen molar-refractivity contribution >= 4 is 17.5 Å². The lowest BCUT2D eigenvalue weighted by molar-refractivity contribution is 0.0972. The van der Waals surface area contributed by atoms with E-state index in [4.69, 9.17) is 26.5 Å². The van der Waals surface area contributed by atoms with Crippen LogP contribution in [0.1, 0.15) is 35.7 Å². The molecule has 0 bridgehead atoms. The van der Waals surface area contributed by atoms with Crippen molar-refractivity contribution in [3.05, 3.63) is 52.4 Å². The van der Waals surface area contributed by atoms with Crippen molar-refractivity contribution in [3.63, 3.8) is 0 Å². The molecule has 0 saturated heterocycles. The molecule has 2 aromatic rings. The van der Waals surface area contributed by atoms with Gasteiger partial charge in [0.1, 0.15) is 11.5 Å². The monoisotopic (exact) mass is 307 g/mol. The van der Waals surface area contributed by atoms with E-state index in [1.165, 1.54) is 0 Å². The summed E-state index contributed by atoms with van der Waals surface area (Å²) in [5, 5.41) is 0.628. The first kappa shape index (κ1) is 15.4. The first-order valence-electron chi connectivity index (χ1n) is 6.75. The van der Waals surface area contributed by atoms with Crippen LogP contribution in [0.3, 0.4) is 0 Å². The molecular formula is C16H18ClNO3. The smallest absolute Gasteiger partial charge is 0.284 e. The predicted molar refractivity (Wildman–Crippen MR) is 81.8 cm³/mol. The van der Waals surface area contributed by atoms with E-state index in [1.54, 1.807) is 18.2 Å². The molecule has 112 valence electrons. The van der Waals surface area contributed by atoms with Gasteiger partial charge in [0.25, 0.3) is 5.91 Å². The number of benzene rings is 1. The minimum Gasteiger partial charge on any atom is -0.493 e. The number of hydrogen-bond donors (Lipinski definition) is 1. The van der Waals surface area contributed by atoms with Crippen LogP contribution in [0.5, 0.6) is 5.75 Å². The molecule has 1 heterocycles. The Morgan fingerprint density at radius 1 is 1.33 bits per heavy atom. The first-order valence-corrected chi connectivity index (χ1v) is 7.13. The van der Waals surface area contributed by atoms with Gasteiger partial charge in [-0.05, 0) is 36.2 Å². The van der Waals surface area contributed by atoms with Gasteiger partial charge in [-0.25, -0.2) is 0 Å². The lowest BCUT2D eigenvalue weighted by Crippen LogP contribution is -2.09. The zero-order valence-corrected chi connectivity index (χ0v) is 12.8. The molecule has 0 aliphatic heterocycles. The third-order valence-corrected chi connectivity index (χ3v) is 3.10. The van der Waals surface area contributed by atoms with Crippen LogP contribution in [0.25, 0.3) is 0 Å². The molecule has 0 atom stereocenters. The van der Waals surface area contributed by atoms with Crippen molar-refractivity contribution in [1.29, 1.82) is 0 Å². The van der Waals surface area contributed by atoms with Crippen LogP contribution in [0.2, 0.25) is 5.02 Å². The number of amides is 1. The fourth-order valence-corrected chi connectivity index (χ4v) is 2.07. The Labute approximate surface area is 128 Å². The summed E-state index contributed by atoms with van der Waals surface area (Å²) in [6.45, 7) is 4.79. The van der Waals surface area contributed by atoms with E-state index in [1.807, 2.05) is 12.1 Å². The second kappa shape index (κ2) is 6.68. The molecule has 0 radical (unpaired) electrons. The fraction of sp³-hybridized carbons (Fsp3) is 0.312. The lowest BCUT2D eigenvalue weighted by atomic mass is 10.1. The molecule has 2 rings (SSSR count). The van der Waals surface area contributed by atoms with E-state index in [-0.39, 0.29) is 5.76 Å². The molecule has 0 aliphatic rings. The van der Waals surface area contributed by atoms with Gasteiger partial charge in [-0.15, -0.1) is 0 Å². The Kier molecular flexibility index (Phi) is 4.91. The highest BCUT2D eigenvalue weighted by molar-refractivity contribution is 6.30. The van der Waals surface area contributed by atoms with Gasteiger partial charge in [-0.2, -0.15) is 0 Å². The van der Waals surface area contributed by atoms with Crippen LogP contribution in [-0.4, -0.2) is 12.5 Å². The molecule has 0 spiro atoms. The molecule has 2 N–H and O–H groups in total. The summed E-state index contributed by atoms with van der Waals surface area (Å²) < 4.78 is 11.2. The molecule has 0 fully saturated rings. The summed E-state index contributed by atoms with van der Waals surface area (Å²) in [4.78, 5) is 11.0. The van der Waals surface area contributed by atoms with Gasteiger partial charge < -0.3 is 14.9 Å². The highest BCUT2D eigenvalue weighted by atomic mass is 35.5. The third kappa shape index (κ3) is 4.26. The Morgan fingerprint density at radius 2 is 2.10 bits per heavy atom. The summed E-state index contributed by atoms with van der Waals surface area (Å²) in [5.41, 5.74) is 6.09. The average molecular weight is 308 g/mol. The number of ether oxygens (including phenoxy) is 1. The van der Waals surface area contributed by atoms with E-state index in [2.05, 4.69) is 13.8 Å². The number of halogens is 1. The second-order valence-electron chi connectivity index (χ2n) is 5.26. The van der Waals surface area contributed by atoms with Gasteiger partial charge in [0.05, 0.1) is 6.61 Å². The molecule has 5 heteroatoms. The zero-order valence-electron chi connectivity index (χ0n) is 12.1. The molecule has 0 unspecified atom stereocenters. The largest absolute Gasteiger partial charge is 0.493 e. The molecule has 1 aromatic carbocycles. The standard InChI is InChI=1S/C16H18ClNO3/c1-10(2)9-20-14-5-3-12(17)7-11(14)8-13-4-6-15(21-13)16(18)19/h3-7,10H,8-9H2,1-2H3,(H2,18,19). The Morgan fingerprint density at radius 3 is 2.71 bits per heavy atom. The van der Waals surface area contributed by atoms with Crippen LogP contribution < -0.4 is 10.5 Å². The maximum Gasteiger partial charge on any atom is 0.284 e. The van der Waals surface area contributed by atoms with Crippen LogP contribution in [0.15, 0.2) is 34.7 Å². The SMILES string of the molecule is CC(C)COc1ccc(Cl)cc1Cc1ccc(C(N)=O)o1. The van der Waals surface area contributed by atoms with Gasteiger partial charge in [-0.3, -0.25) is 4.79 Å². The molecule has 21 heavy (non-hydrogen) atoms. The van der Waals surface area contributed by atoms with Crippen molar-refractivity contribution in [2.24, 2.45) is 11.7 Å². The number of hydrogen-bond acceptors (Lipinski definition) is 3. The molecule has 4 nitrogen and oxygen atoms in total. The number of rotatable bonds is 6. The summed E-state index contributed by atoms with van der Waals surface area (Å²) in [6.07, 6.45) is 0.487. The van der Waals surface area contributed by atoms with Crippen LogP contribution in [0, 0.1) is 5.92 Å². The van der Waals surface area contributed by atoms with E-state index in [9.17, 15) is 4.79 Å². The maximum atomic E-state index is 11.0. The van der Waals surface area contributed by atoms with Gasteiger partial charge in [0, 0.05) is 17.0 Å². The van der Waals surface area contributed by atoms with Crippen molar-refractivity contribution in [2.75, 3.05) is 6.61 Å². The Hall–Kier alpha value is -1.94. The van der Waals surface area contributed by atoms with E-state index < -0.39 is 5.91 Å². The normalized spacial score (nSPS) is 10.9. The number of furan rings is 1. The van der Waals surface area contributed by atoms with E-state index in [0.29, 0.717) is 29.7 Å². The third-order valence-electron chi connectivity index (χ3n) is 2.86. The second-order valence-corrected chi connectivity index (χ2v) is 5.70. The fourth-order valence-electron chi connectivity index (χ4n) is 1.88. The maximum absolute atomic E-state index is 11.0. The van der Waals surface area contributed by atoms with Crippen LogP contribution in [-0.2, 0) is 6.42 Å². The molecular weight excluding hydrogens is 290 g/mol. The molecule has 1 amide bonds. The van der Waals surface area contributed by atoms with Crippen LogP contribution >= 0.6 is 11.6 Å². The van der Waals surface area contributed by atoms with E-state index >= 15 is 0 Å². The number of carbonyl (C=O) groups excluding carboxylic acids is 1.